The Morgan fingerprint density at radius 1 is 1.03 bits per heavy atom. The molecule has 0 bridgehead atoms. The molecule has 0 aliphatic rings. The van der Waals surface area contributed by atoms with E-state index in [-0.39, 0.29) is 5.91 Å². The van der Waals surface area contributed by atoms with Crippen molar-refractivity contribution >= 4 is 33.8 Å². The van der Waals surface area contributed by atoms with Crippen LogP contribution in [0.25, 0.3) is 33.3 Å². The lowest BCUT2D eigenvalue weighted by molar-refractivity contribution is 0.0951. The monoisotopic (exact) mass is 396 g/mol. The highest BCUT2D eigenvalue weighted by Gasteiger charge is 2.14. The lowest BCUT2D eigenvalue weighted by Gasteiger charge is -2.05. The summed E-state index contributed by atoms with van der Waals surface area (Å²) in [5.74, 6) is 1.07. The molecule has 0 aliphatic carbocycles. The van der Waals surface area contributed by atoms with Gasteiger partial charge in [0.2, 0.25) is 0 Å². The molecule has 7 heteroatoms. The number of carbonyl (C=O) groups excluding carboxylic acids is 1. The number of rotatable bonds is 4. The van der Waals surface area contributed by atoms with E-state index in [4.69, 9.17) is 5.73 Å². The minimum atomic E-state index is -0.108. The Balaban J connectivity index is 1.47. The van der Waals surface area contributed by atoms with Crippen molar-refractivity contribution < 1.29 is 4.79 Å². The Kier molecular flexibility index (Phi) is 4.21. The number of benzene rings is 2. The first-order chi connectivity index (χ1) is 14.6. The molecule has 0 spiro atoms. The van der Waals surface area contributed by atoms with Gasteiger partial charge >= 0.3 is 0 Å². The number of pyridine rings is 1. The van der Waals surface area contributed by atoms with Gasteiger partial charge in [0.1, 0.15) is 11.6 Å². The zero-order chi connectivity index (χ0) is 20.7. The topological polar surface area (TPSA) is 112 Å². The molecule has 0 unspecified atom stereocenters. The van der Waals surface area contributed by atoms with Crippen LogP contribution in [0.4, 0.5) is 5.82 Å². The highest BCUT2D eigenvalue weighted by atomic mass is 16.1. The number of amides is 1. The number of H-pyrrole nitrogens is 2. The number of nitrogens with zero attached hydrogens (tertiary/aromatic N) is 2. The number of anilines is 1. The zero-order valence-electron chi connectivity index (χ0n) is 16.4. The molecule has 148 valence electrons. The molecular weight excluding hydrogens is 376 g/mol. The highest BCUT2D eigenvalue weighted by Crippen LogP contribution is 2.30. The van der Waals surface area contributed by atoms with Gasteiger partial charge in [0.25, 0.3) is 5.91 Å². The number of hydrogen-bond acceptors (Lipinski definition) is 4. The van der Waals surface area contributed by atoms with Crippen LogP contribution < -0.4 is 11.1 Å². The van der Waals surface area contributed by atoms with Gasteiger partial charge < -0.3 is 21.0 Å². The second-order valence-corrected chi connectivity index (χ2v) is 7.27. The van der Waals surface area contributed by atoms with Crippen LogP contribution in [0.2, 0.25) is 0 Å². The predicted molar refractivity (Wildman–Crippen MR) is 118 cm³/mol. The summed E-state index contributed by atoms with van der Waals surface area (Å²) in [4.78, 5) is 27.9. The minimum absolute atomic E-state index is 0.108. The molecule has 5 rings (SSSR count). The second kappa shape index (κ2) is 7.04. The third-order valence-electron chi connectivity index (χ3n) is 5.07. The SMILES string of the molecule is Cc1nc2nc(N)cc(-c3cc4cc(C(=O)NCc5ccccc5)ccc4[nH]3)c2[nH]1. The van der Waals surface area contributed by atoms with Crippen molar-refractivity contribution in [3.63, 3.8) is 0 Å². The lowest BCUT2D eigenvalue weighted by atomic mass is 10.1. The van der Waals surface area contributed by atoms with Crippen LogP contribution in [0.5, 0.6) is 0 Å². The van der Waals surface area contributed by atoms with E-state index in [0.29, 0.717) is 23.6 Å². The van der Waals surface area contributed by atoms with Crippen molar-refractivity contribution in [1.29, 1.82) is 0 Å². The summed E-state index contributed by atoms with van der Waals surface area (Å²) in [5, 5.41) is 3.91. The molecule has 0 saturated heterocycles. The number of aromatic amines is 2. The molecule has 3 aromatic heterocycles. The summed E-state index contributed by atoms with van der Waals surface area (Å²) in [6, 6.07) is 19.3. The van der Waals surface area contributed by atoms with Gasteiger partial charge in [-0.3, -0.25) is 4.79 Å². The molecule has 0 fully saturated rings. The number of nitrogens with two attached hydrogens (primary N) is 1. The quantitative estimate of drug-likeness (QED) is 0.369. The normalized spacial score (nSPS) is 11.2. The Morgan fingerprint density at radius 3 is 2.70 bits per heavy atom. The van der Waals surface area contributed by atoms with Gasteiger partial charge in [-0.1, -0.05) is 30.3 Å². The highest BCUT2D eigenvalue weighted by molar-refractivity contribution is 6.00. The summed E-state index contributed by atoms with van der Waals surface area (Å²) >= 11 is 0. The second-order valence-electron chi connectivity index (χ2n) is 7.27. The maximum atomic E-state index is 12.6. The van der Waals surface area contributed by atoms with Gasteiger partial charge in [0.15, 0.2) is 5.65 Å². The van der Waals surface area contributed by atoms with E-state index < -0.39 is 0 Å². The van der Waals surface area contributed by atoms with Gasteiger partial charge in [-0.25, -0.2) is 9.97 Å². The third-order valence-corrected chi connectivity index (χ3v) is 5.07. The number of nitrogens with one attached hydrogen (secondary N) is 3. The van der Waals surface area contributed by atoms with E-state index in [2.05, 4.69) is 25.3 Å². The molecule has 0 aliphatic heterocycles. The summed E-state index contributed by atoms with van der Waals surface area (Å²) in [6.45, 7) is 2.37. The molecule has 0 saturated carbocycles. The summed E-state index contributed by atoms with van der Waals surface area (Å²) in [5.41, 5.74) is 11.8. The molecule has 0 radical (unpaired) electrons. The first-order valence-corrected chi connectivity index (χ1v) is 9.65. The molecule has 1 amide bonds. The van der Waals surface area contributed by atoms with Crippen LogP contribution in [0, 0.1) is 6.92 Å². The van der Waals surface area contributed by atoms with E-state index >= 15 is 0 Å². The van der Waals surface area contributed by atoms with Crippen molar-refractivity contribution in [1.82, 2.24) is 25.3 Å². The lowest BCUT2D eigenvalue weighted by Crippen LogP contribution is -2.22. The standard InChI is InChI=1S/C23H20N6O/c1-13-26-21-17(11-20(24)29-22(21)27-13)19-10-16-9-15(7-8-18(16)28-19)23(30)25-12-14-5-3-2-4-6-14/h2-11,28H,12H2,1H3,(H,25,30)(H3,24,26,27,29). The molecule has 5 aromatic rings. The van der Waals surface area contributed by atoms with Crippen LogP contribution in [-0.2, 0) is 6.54 Å². The summed E-state index contributed by atoms with van der Waals surface area (Å²) in [7, 11) is 0. The van der Waals surface area contributed by atoms with Crippen LogP contribution in [0.15, 0.2) is 60.7 Å². The summed E-state index contributed by atoms with van der Waals surface area (Å²) < 4.78 is 0. The fourth-order valence-electron chi connectivity index (χ4n) is 3.63. The Labute approximate surface area is 172 Å². The fourth-order valence-corrected chi connectivity index (χ4v) is 3.63. The van der Waals surface area contributed by atoms with Crippen LogP contribution in [0.3, 0.4) is 0 Å². The first-order valence-electron chi connectivity index (χ1n) is 9.65. The smallest absolute Gasteiger partial charge is 0.251 e. The van der Waals surface area contributed by atoms with Crippen LogP contribution in [0.1, 0.15) is 21.7 Å². The average molecular weight is 396 g/mol. The fraction of sp³-hybridized carbons (Fsp3) is 0.0870. The number of nitrogen functional groups attached to an aromatic ring is 1. The number of aryl methyl sites for hydroxylation is 1. The number of imidazole rings is 1. The van der Waals surface area contributed by atoms with Crippen molar-refractivity contribution in [2.24, 2.45) is 0 Å². The van der Waals surface area contributed by atoms with Gasteiger partial charge in [-0.05, 0) is 42.8 Å². The van der Waals surface area contributed by atoms with Crippen molar-refractivity contribution in [2.45, 2.75) is 13.5 Å². The number of fused-ring (bicyclic) bond motifs is 2. The molecular formula is C23H20N6O. The molecule has 5 N–H and O–H groups in total. The Bertz CT molecular complexity index is 1380. The van der Waals surface area contributed by atoms with Gasteiger partial charge in [-0.2, -0.15) is 0 Å². The predicted octanol–water partition coefficient (Wildman–Crippen LogP) is 3.93. The maximum absolute atomic E-state index is 12.6. The molecule has 3 heterocycles. The number of hydrogen-bond donors (Lipinski definition) is 4. The number of carbonyl (C=O) groups is 1. The van der Waals surface area contributed by atoms with Crippen LogP contribution >= 0.6 is 0 Å². The zero-order valence-corrected chi connectivity index (χ0v) is 16.4. The molecule has 30 heavy (non-hydrogen) atoms. The van der Waals surface area contributed by atoms with E-state index in [1.165, 1.54) is 0 Å². The third kappa shape index (κ3) is 3.26. The Hall–Kier alpha value is -4.13. The van der Waals surface area contributed by atoms with E-state index in [1.54, 1.807) is 0 Å². The molecule has 2 aromatic carbocycles. The number of aromatic nitrogens is 4. The van der Waals surface area contributed by atoms with E-state index in [1.807, 2.05) is 67.6 Å². The summed E-state index contributed by atoms with van der Waals surface area (Å²) in [6.07, 6.45) is 0. The van der Waals surface area contributed by atoms with Crippen molar-refractivity contribution in [2.75, 3.05) is 5.73 Å². The maximum Gasteiger partial charge on any atom is 0.251 e. The molecule has 0 atom stereocenters. The van der Waals surface area contributed by atoms with Gasteiger partial charge in [-0.15, -0.1) is 0 Å². The van der Waals surface area contributed by atoms with Crippen LogP contribution in [-0.4, -0.2) is 25.8 Å². The minimum Gasteiger partial charge on any atom is -0.384 e. The van der Waals surface area contributed by atoms with E-state index in [0.717, 1.165) is 39.1 Å². The first kappa shape index (κ1) is 17.9. The van der Waals surface area contributed by atoms with E-state index in [9.17, 15) is 4.79 Å². The van der Waals surface area contributed by atoms with Gasteiger partial charge in [0, 0.05) is 34.3 Å². The van der Waals surface area contributed by atoms with Crippen molar-refractivity contribution in [3.8, 4) is 11.3 Å². The average Bonchev–Trinajstić information content (AvgIpc) is 3.34. The van der Waals surface area contributed by atoms with Crippen molar-refractivity contribution in [3.05, 3.63) is 77.6 Å². The van der Waals surface area contributed by atoms with Gasteiger partial charge in [0.05, 0.1) is 5.52 Å². The largest absolute Gasteiger partial charge is 0.384 e. The Morgan fingerprint density at radius 2 is 1.87 bits per heavy atom. The molecule has 7 nitrogen and oxygen atoms in total.